The molecule has 2 aliphatic rings. The first-order chi connectivity index (χ1) is 24.6. The number of benzene rings is 3. The van der Waals surface area contributed by atoms with Crippen molar-refractivity contribution < 1.29 is 31.5 Å². The molecule has 2 fully saturated rings. The Morgan fingerprint density at radius 3 is 2.17 bits per heavy atom. The fourth-order valence-corrected chi connectivity index (χ4v) is 8.26. The molecule has 1 atom stereocenters. The van der Waals surface area contributed by atoms with Gasteiger partial charge in [0.1, 0.15) is 5.60 Å². The number of carbonyl (C=O) groups is 2. The maximum Gasteiger partial charge on any atom is 0.407 e. The minimum Gasteiger partial charge on any atom is -0.444 e. The lowest BCUT2D eigenvalue weighted by Crippen LogP contribution is -2.58. The molecule has 1 saturated carbocycles. The fourth-order valence-electron chi connectivity index (χ4n) is 6.91. The van der Waals surface area contributed by atoms with Gasteiger partial charge in [0, 0.05) is 41.6 Å². The van der Waals surface area contributed by atoms with Crippen molar-refractivity contribution in [3.8, 4) is 11.1 Å². The molecular formula is C38H44ClF2N5O5S. The Labute approximate surface area is 307 Å². The van der Waals surface area contributed by atoms with Gasteiger partial charge >= 0.3 is 6.09 Å². The van der Waals surface area contributed by atoms with Crippen molar-refractivity contribution in [2.45, 2.75) is 94.3 Å². The van der Waals surface area contributed by atoms with Crippen LogP contribution in [0.1, 0.15) is 64.9 Å². The van der Waals surface area contributed by atoms with Gasteiger partial charge in [0.2, 0.25) is 15.9 Å². The van der Waals surface area contributed by atoms with Crippen molar-refractivity contribution in [3.05, 3.63) is 83.5 Å². The fraction of sp³-hybridized carbons (Fsp3) is 0.447. The minimum atomic E-state index is -4.64. The summed E-state index contributed by atoms with van der Waals surface area (Å²) in [5.74, 6) is -4.53. The van der Waals surface area contributed by atoms with Crippen LogP contribution in [0.5, 0.6) is 0 Å². The topological polar surface area (TPSA) is 123 Å². The largest absolute Gasteiger partial charge is 0.444 e. The van der Waals surface area contributed by atoms with E-state index in [0.29, 0.717) is 21.9 Å². The molecule has 278 valence electrons. The predicted octanol–water partition coefficient (Wildman–Crippen LogP) is 7.50. The van der Waals surface area contributed by atoms with Crippen LogP contribution in [0.4, 0.5) is 13.6 Å². The molecule has 1 aliphatic heterocycles. The van der Waals surface area contributed by atoms with Gasteiger partial charge in [0.25, 0.3) is 5.92 Å². The summed E-state index contributed by atoms with van der Waals surface area (Å²) in [5, 5.41) is 8.31. The number of nitrogens with one attached hydrogen (secondary N) is 2. The number of nitrogens with zero attached hydrogens (tertiary/aromatic N) is 3. The van der Waals surface area contributed by atoms with E-state index in [4.69, 9.17) is 16.3 Å². The van der Waals surface area contributed by atoms with Gasteiger partial charge in [-0.2, -0.15) is 18.6 Å². The minimum absolute atomic E-state index is 0.0231. The van der Waals surface area contributed by atoms with Crippen molar-refractivity contribution in [1.82, 2.24) is 24.7 Å². The van der Waals surface area contributed by atoms with Crippen LogP contribution in [0, 0.1) is 5.92 Å². The van der Waals surface area contributed by atoms with E-state index in [9.17, 15) is 18.0 Å². The highest BCUT2D eigenvalue weighted by molar-refractivity contribution is 7.89. The second kappa shape index (κ2) is 15.1. The van der Waals surface area contributed by atoms with Gasteiger partial charge in [-0.1, -0.05) is 60.8 Å². The predicted molar refractivity (Wildman–Crippen MR) is 196 cm³/mol. The first-order valence-corrected chi connectivity index (χ1v) is 19.5. The molecule has 0 bridgehead atoms. The maximum atomic E-state index is 16.6. The third-order valence-electron chi connectivity index (χ3n) is 9.69. The average Bonchev–Trinajstić information content (AvgIpc) is 3.77. The molecule has 4 aromatic rings. The molecule has 1 aromatic heterocycles. The quantitative estimate of drug-likeness (QED) is 0.173. The molecule has 0 radical (unpaired) electrons. The van der Waals surface area contributed by atoms with Crippen LogP contribution < -0.4 is 10.0 Å². The van der Waals surface area contributed by atoms with Crippen molar-refractivity contribution in [2.75, 3.05) is 13.1 Å². The van der Waals surface area contributed by atoms with E-state index in [-0.39, 0.29) is 36.9 Å². The maximum absolute atomic E-state index is 16.6. The second-order valence-electron chi connectivity index (χ2n) is 14.7. The zero-order valence-corrected chi connectivity index (χ0v) is 31.0. The van der Waals surface area contributed by atoms with Crippen LogP contribution >= 0.6 is 11.6 Å². The van der Waals surface area contributed by atoms with Gasteiger partial charge in [-0.05, 0) is 93.8 Å². The zero-order valence-electron chi connectivity index (χ0n) is 29.4. The molecule has 14 heteroatoms. The van der Waals surface area contributed by atoms with Gasteiger partial charge in [-0.15, -0.1) is 0 Å². The number of alkyl carbamates (subject to hydrolysis) is 1. The van der Waals surface area contributed by atoms with Crippen molar-refractivity contribution in [1.29, 1.82) is 0 Å². The lowest BCUT2D eigenvalue weighted by atomic mass is 9.96. The Kier molecular flexibility index (Phi) is 11.0. The normalized spacial score (nSPS) is 17.0. The molecule has 0 spiro atoms. The number of rotatable bonds is 10. The summed E-state index contributed by atoms with van der Waals surface area (Å²) in [6, 6.07) is 13.8. The first-order valence-electron chi connectivity index (χ1n) is 17.6. The standard InChI is InChI=1S/C38H44ClF2N5O5S/c1-37(2,3)51-36(48)43-31-18-20-45(21-19-31)35(47)34(38(40,41)29-12-8-26(9-13-29)27-10-14-30(39)15-11-27)44-52(49,50)32-16-17-33-28(22-32)23-42-46(33)24-25-6-4-5-7-25/h8-17,22-23,25,31,34,44H,4-7,18-21,24H2,1-3H3,(H,43,48). The van der Waals surface area contributed by atoms with Gasteiger partial charge < -0.3 is 15.0 Å². The molecule has 1 unspecified atom stereocenters. The van der Waals surface area contributed by atoms with Crippen LogP contribution in [0.3, 0.4) is 0 Å². The molecule has 3 aromatic carbocycles. The van der Waals surface area contributed by atoms with E-state index in [1.165, 1.54) is 54.1 Å². The highest BCUT2D eigenvalue weighted by Gasteiger charge is 2.50. The van der Waals surface area contributed by atoms with E-state index in [1.54, 1.807) is 57.3 Å². The lowest BCUT2D eigenvalue weighted by Gasteiger charge is -2.36. The number of ether oxygens (including phenoxy) is 1. The third-order valence-corrected chi connectivity index (χ3v) is 11.4. The number of hydrogen-bond acceptors (Lipinski definition) is 6. The van der Waals surface area contributed by atoms with Crippen LogP contribution in [-0.4, -0.2) is 65.9 Å². The summed E-state index contributed by atoms with van der Waals surface area (Å²) in [6.07, 6.45) is 6.08. The average molecular weight is 756 g/mol. The molecule has 52 heavy (non-hydrogen) atoms. The number of carbonyl (C=O) groups excluding carboxylic acids is 2. The highest BCUT2D eigenvalue weighted by Crippen LogP contribution is 2.36. The zero-order chi connectivity index (χ0) is 37.3. The summed E-state index contributed by atoms with van der Waals surface area (Å²) in [6.45, 7) is 5.98. The van der Waals surface area contributed by atoms with E-state index < -0.39 is 45.2 Å². The van der Waals surface area contributed by atoms with Crippen LogP contribution in [-0.2, 0) is 32.0 Å². The van der Waals surface area contributed by atoms with E-state index >= 15 is 8.78 Å². The number of aromatic nitrogens is 2. The number of halogens is 3. The molecule has 6 rings (SSSR count). The Morgan fingerprint density at radius 2 is 1.56 bits per heavy atom. The summed E-state index contributed by atoms with van der Waals surface area (Å²) in [7, 11) is -4.64. The summed E-state index contributed by atoms with van der Waals surface area (Å²) in [5.41, 5.74) is 0.895. The number of likely N-dealkylation sites (tertiary alicyclic amines) is 1. The van der Waals surface area contributed by atoms with Gasteiger partial charge in [0.15, 0.2) is 6.04 Å². The first kappa shape index (κ1) is 37.7. The van der Waals surface area contributed by atoms with Crippen molar-refractivity contribution >= 4 is 44.5 Å². The third kappa shape index (κ3) is 8.75. The smallest absolute Gasteiger partial charge is 0.407 e. The highest BCUT2D eigenvalue weighted by atomic mass is 35.5. The Balaban J connectivity index is 1.25. The van der Waals surface area contributed by atoms with Crippen LogP contribution in [0.2, 0.25) is 5.02 Å². The Hall–Kier alpha value is -4.07. The van der Waals surface area contributed by atoms with E-state index in [1.807, 2.05) is 4.68 Å². The van der Waals surface area contributed by atoms with Gasteiger partial charge in [-0.3, -0.25) is 9.48 Å². The number of alkyl halides is 2. The summed E-state index contributed by atoms with van der Waals surface area (Å²) < 4.78 is 70.3. The van der Waals surface area contributed by atoms with E-state index in [0.717, 1.165) is 30.5 Å². The molecule has 10 nitrogen and oxygen atoms in total. The summed E-state index contributed by atoms with van der Waals surface area (Å²) >= 11 is 6.00. The number of amides is 2. The second-order valence-corrected chi connectivity index (χ2v) is 16.9. The Morgan fingerprint density at radius 1 is 0.942 bits per heavy atom. The molecule has 2 N–H and O–H groups in total. The molecule has 2 heterocycles. The van der Waals surface area contributed by atoms with Gasteiger partial charge in [-0.25, -0.2) is 13.2 Å². The SMILES string of the molecule is CC(C)(C)OC(=O)NC1CCN(C(=O)C(NS(=O)(=O)c2ccc3c(cnn3CC3CCCC3)c2)C(F)(F)c2ccc(-c3ccc(Cl)cc3)cc2)CC1. The molecule has 2 amide bonds. The number of piperidine rings is 1. The molecule has 1 saturated heterocycles. The molecule has 1 aliphatic carbocycles. The Bertz CT molecular complexity index is 2000. The number of hydrogen-bond donors (Lipinski definition) is 2. The number of fused-ring (bicyclic) bond motifs is 1. The van der Waals surface area contributed by atoms with Crippen molar-refractivity contribution in [3.63, 3.8) is 0 Å². The monoisotopic (exact) mass is 755 g/mol. The van der Waals surface area contributed by atoms with Gasteiger partial charge in [0.05, 0.1) is 16.6 Å². The van der Waals surface area contributed by atoms with Crippen molar-refractivity contribution in [2.24, 2.45) is 5.92 Å². The summed E-state index contributed by atoms with van der Waals surface area (Å²) in [4.78, 5) is 27.3. The van der Waals surface area contributed by atoms with Crippen LogP contribution in [0.15, 0.2) is 77.8 Å². The van der Waals surface area contributed by atoms with Crippen LogP contribution in [0.25, 0.3) is 22.0 Å². The number of sulfonamides is 1. The van der Waals surface area contributed by atoms with E-state index in [2.05, 4.69) is 15.1 Å². The lowest BCUT2D eigenvalue weighted by molar-refractivity contribution is -0.145. The molecular weight excluding hydrogens is 712 g/mol.